The lowest BCUT2D eigenvalue weighted by atomic mass is 9.95. The number of imidazole rings is 1. The summed E-state index contributed by atoms with van der Waals surface area (Å²) in [6, 6.07) is 7.05. The monoisotopic (exact) mass is 487 g/mol. The van der Waals surface area contributed by atoms with E-state index in [1.165, 1.54) is 50.6 Å². The predicted octanol–water partition coefficient (Wildman–Crippen LogP) is 4.40. The molecule has 0 spiro atoms. The van der Waals surface area contributed by atoms with Crippen molar-refractivity contribution < 1.29 is 0 Å². The number of hydrogen-bond acceptors (Lipinski definition) is 4. The van der Waals surface area contributed by atoms with E-state index in [4.69, 9.17) is 0 Å². The molecule has 1 fully saturated rings. The summed E-state index contributed by atoms with van der Waals surface area (Å²) in [6.45, 7) is 5.27. The first-order valence-corrected chi connectivity index (χ1v) is 9.99. The molecular weight excluding hydrogens is 452 g/mol. The second-order valence-corrected chi connectivity index (χ2v) is 7.10. The first kappa shape index (κ1) is 30.9. The zero-order valence-corrected chi connectivity index (χ0v) is 20.2. The highest BCUT2D eigenvalue weighted by Gasteiger charge is 2.11. The molecular formula is C20H37Cl4N5. The molecule has 0 atom stereocenters. The molecule has 1 aliphatic carbocycles. The predicted molar refractivity (Wildman–Crippen MR) is 133 cm³/mol. The van der Waals surface area contributed by atoms with E-state index in [9.17, 15) is 0 Å². The molecule has 0 radical (unpaired) electrons. The summed E-state index contributed by atoms with van der Waals surface area (Å²) in [4.78, 5) is 4.32. The summed E-state index contributed by atoms with van der Waals surface area (Å²) in [5.74, 6) is 0. The molecule has 2 heterocycles. The standard InChI is InChI=1S/C20H33N5.4ClH/c1-2-7-18(8-3-1)23-14-13-21-11-4-5-12-22-17-19-9-6-10-20-24-15-16-25(19)20;;;;/h6,9-10,15-16,18,21-23H,1-5,7-8,11-14,17H2;4*1H. The maximum atomic E-state index is 4.32. The molecule has 5 nitrogen and oxygen atoms in total. The van der Waals surface area contributed by atoms with Crippen molar-refractivity contribution in [1.82, 2.24) is 25.3 Å². The summed E-state index contributed by atoms with van der Waals surface area (Å²) in [5, 5.41) is 10.8. The van der Waals surface area contributed by atoms with Crippen molar-refractivity contribution in [3.8, 4) is 0 Å². The van der Waals surface area contributed by atoms with Crippen LogP contribution in [0.2, 0.25) is 0 Å². The molecule has 29 heavy (non-hydrogen) atoms. The molecule has 2 aromatic heterocycles. The summed E-state index contributed by atoms with van der Waals surface area (Å²) >= 11 is 0. The maximum Gasteiger partial charge on any atom is 0.136 e. The highest BCUT2D eigenvalue weighted by atomic mass is 35.5. The zero-order valence-electron chi connectivity index (χ0n) is 17.0. The van der Waals surface area contributed by atoms with E-state index >= 15 is 0 Å². The van der Waals surface area contributed by atoms with Gasteiger partial charge in [0.25, 0.3) is 0 Å². The zero-order chi connectivity index (χ0) is 17.2. The lowest BCUT2D eigenvalue weighted by molar-refractivity contribution is 0.372. The van der Waals surface area contributed by atoms with Gasteiger partial charge in [0, 0.05) is 43.8 Å². The smallest absolute Gasteiger partial charge is 0.136 e. The molecule has 9 heteroatoms. The van der Waals surface area contributed by atoms with Gasteiger partial charge in [-0.2, -0.15) is 0 Å². The summed E-state index contributed by atoms with van der Waals surface area (Å²) in [5.41, 5.74) is 2.28. The maximum absolute atomic E-state index is 4.32. The van der Waals surface area contributed by atoms with Crippen molar-refractivity contribution >= 4 is 55.3 Å². The normalized spacial score (nSPS) is 13.7. The van der Waals surface area contributed by atoms with Crippen LogP contribution in [0.25, 0.3) is 5.65 Å². The Morgan fingerprint density at radius 1 is 0.862 bits per heavy atom. The first-order valence-electron chi connectivity index (χ1n) is 9.99. The fourth-order valence-electron chi connectivity index (χ4n) is 3.66. The summed E-state index contributed by atoms with van der Waals surface area (Å²) in [7, 11) is 0. The number of unbranched alkanes of at least 4 members (excludes halogenated alkanes) is 1. The van der Waals surface area contributed by atoms with Crippen LogP contribution in [-0.2, 0) is 6.54 Å². The van der Waals surface area contributed by atoms with Crippen molar-refractivity contribution in [3.63, 3.8) is 0 Å². The van der Waals surface area contributed by atoms with Crippen LogP contribution in [0.5, 0.6) is 0 Å². The number of nitrogens with zero attached hydrogens (tertiary/aromatic N) is 2. The Morgan fingerprint density at radius 2 is 1.59 bits per heavy atom. The van der Waals surface area contributed by atoms with E-state index in [1.54, 1.807) is 0 Å². The van der Waals surface area contributed by atoms with Crippen LogP contribution in [0.1, 0.15) is 50.6 Å². The van der Waals surface area contributed by atoms with Gasteiger partial charge < -0.3 is 20.4 Å². The number of fused-ring (bicyclic) bond motifs is 1. The van der Waals surface area contributed by atoms with E-state index in [0.29, 0.717) is 0 Å². The van der Waals surface area contributed by atoms with Crippen LogP contribution in [0.4, 0.5) is 0 Å². The topological polar surface area (TPSA) is 53.4 Å². The van der Waals surface area contributed by atoms with Gasteiger partial charge in [-0.1, -0.05) is 25.3 Å². The Kier molecular flexibility index (Phi) is 19.7. The number of halogens is 4. The lowest BCUT2D eigenvalue weighted by Crippen LogP contribution is -2.36. The highest BCUT2D eigenvalue weighted by Crippen LogP contribution is 2.16. The molecule has 1 saturated carbocycles. The Labute approximate surface area is 200 Å². The van der Waals surface area contributed by atoms with E-state index in [1.807, 2.05) is 18.5 Å². The fourth-order valence-corrected chi connectivity index (χ4v) is 3.66. The van der Waals surface area contributed by atoms with Gasteiger partial charge in [-0.3, -0.25) is 0 Å². The minimum atomic E-state index is 0. The molecule has 1 aliphatic rings. The third-order valence-electron chi connectivity index (χ3n) is 5.12. The lowest BCUT2D eigenvalue weighted by Gasteiger charge is -2.22. The van der Waals surface area contributed by atoms with Gasteiger partial charge in [-0.05, 0) is 50.9 Å². The summed E-state index contributed by atoms with van der Waals surface area (Å²) < 4.78 is 2.15. The van der Waals surface area contributed by atoms with Crippen molar-refractivity contribution in [1.29, 1.82) is 0 Å². The van der Waals surface area contributed by atoms with Gasteiger partial charge >= 0.3 is 0 Å². The van der Waals surface area contributed by atoms with Crippen LogP contribution in [0.3, 0.4) is 0 Å². The molecule has 0 unspecified atom stereocenters. The van der Waals surface area contributed by atoms with Crippen molar-refractivity contribution in [2.75, 3.05) is 26.2 Å². The van der Waals surface area contributed by atoms with Gasteiger partial charge in [0.2, 0.25) is 0 Å². The number of nitrogens with one attached hydrogen (secondary N) is 3. The molecule has 0 bridgehead atoms. The number of hydrogen-bond donors (Lipinski definition) is 3. The van der Waals surface area contributed by atoms with E-state index in [2.05, 4.69) is 37.5 Å². The fraction of sp³-hybridized carbons (Fsp3) is 0.650. The average Bonchev–Trinajstić information content (AvgIpc) is 3.13. The Balaban J connectivity index is 0. The van der Waals surface area contributed by atoms with Crippen molar-refractivity contribution in [3.05, 3.63) is 36.3 Å². The third kappa shape index (κ3) is 11.1. The molecule has 0 saturated heterocycles. The second kappa shape index (κ2) is 18.5. The minimum Gasteiger partial charge on any atom is -0.315 e. The molecule has 3 rings (SSSR count). The van der Waals surface area contributed by atoms with Gasteiger partial charge in [0.1, 0.15) is 5.65 Å². The number of pyridine rings is 1. The number of aromatic nitrogens is 2. The Bertz CT molecular complexity index is 620. The first-order chi connectivity index (χ1) is 12.4. The minimum absolute atomic E-state index is 0. The molecule has 0 aliphatic heterocycles. The van der Waals surface area contributed by atoms with Gasteiger partial charge in [0.15, 0.2) is 0 Å². The van der Waals surface area contributed by atoms with E-state index < -0.39 is 0 Å². The Morgan fingerprint density at radius 3 is 2.34 bits per heavy atom. The van der Waals surface area contributed by atoms with Crippen LogP contribution in [0, 0.1) is 0 Å². The van der Waals surface area contributed by atoms with Crippen molar-refractivity contribution in [2.45, 2.75) is 57.5 Å². The molecule has 0 aromatic carbocycles. The molecule has 0 amide bonds. The van der Waals surface area contributed by atoms with Gasteiger partial charge in [-0.25, -0.2) is 4.98 Å². The average molecular weight is 489 g/mol. The molecule has 3 N–H and O–H groups in total. The van der Waals surface area contributed by atoms with E-state index in [-0.39, 0.29) is 49.6 Å². The van der Waals surface area contributed by atoms with E-state index in [0.717, 1.165) is 44.4 Å². The largest absolute Gasteiger partial charge is 0.315 e. The molecule has 170 valence electrons. The van der Waals surface area contributed by atoms with Crippen LogP contribution >= 0.6 is 49.6 Å². The SMILES string of the molecule is Cl.Cl.Cl.Cl.c1cc(CNCCCCNCCNC2CCCCC2)n2ccnc2c1. The Hall–Kier alpha value is -0.270. The molecule has 2 aromatic rings. The van der Waals surface area contributed by atoms with Crippen LogP contribution in [-0.4, -0.2) is 41.6 Å². The van der Waals surface area contributed by atoms with Gasteiger partial charge in [0.05, 0.1) is 0 Å². The number of rotatable bonds is 11. The van der Waals surface area contributed by atoms with Crippen LogP contribution in [0.15, 0.2) is 30.6 Å². The third-order valence-corrected chi connectivity index (χ3v) is 5.12. The quantitative estimate of drug-likeness (QED) is 0.410. The summed E-state index contributed by atoms with van der Waals surface area (Å²) in [6.07, 6.45) is 13.3. The van der Waals surface area contributed by atoms with Gasteiger partial charge in [-0.15, -0.1) is 49.6 Å². The van der Waals surface area contributed by atoms with Crippen molar-refractivity contribution in [2.24, 2.45) is 0 Å². The van der Waals surface area contributed by atoms with Crippen LogP contribution < -0.4 is 16.0 Å². The second-order valence-electron chi connectivity index (χ2n) is 7.10. The highest BCUT2D eigenvalue weighted by molar-refractivity contribution is 5.86.